The first-order valence-electron chi connectivity index (χ1n) is 8.03. The van der Waals surface area contributed by atoms with E-state index >= 15 is 0 Å². The molecule has 0 saturated carbocycles. The topological polar surface area (TPSA) is 67.0 Å². The summed E-state index contributed by atoms with van der Waals surface area (Å²) in [5, 5.41) is 4.10. The minimum atomic E-state index is -0.462. The van der Waals surface area contributed by atoms with Crippen molar-refractivity contribution in [2.45, 2.75) is 51.7 Å². The first-order chi connectivity index (χ1) is 10.9. The second kappa shape index (κ2) is 6.07. The van der Waals surface area contributed by atoms with Gasteiger partial charge in [-0.2, -0.15) is 0 Å². The van der Waals surface area contributed by atoms with E-state index in [-0.39, 0.29) is 12.1 Å². The van der Waals surface area contributed by atoms with Crippen molar-refractivity contribution in [1.29, 1.82) is 0 Å². The zero-order valence-corrected chi connectivity index (χ0v) is 13.8. The summed E-state index contributed by atoms with van der Waals surface area (Å²) >= 11 is 0. The van der Waals surface area contributed by atoms with Gasteiger partial charge in [0.15, 0.2) is 0 Å². The summed E-state index contributed by atoms with van der Waals surface area (Å²) in [6, 6.07) is 4.17. The van der Waals surface area contributed by atoms with Crippen molar-refractivity contribution in [3.05, 3.63) is 36.2 Å². The summed E-state index contributed by atoms with van der Waals surface area (Å²) in [7, 11) is 0. The number of fused-ring (bicyclic) bond motifs is 1. The zero-order chi connectivity index (χ0) is 16.4. The average Bonchev–Trinajstić information content (AvgIpc) is 2.90. The number of pyridine rings is 1. The van der Waals surface area contributed by atoms with Gasteiger partial charge in [0.2, 0.25) is 0 Å². The van der Waals surface area contributed by atoms with Gasteiger partial charge < -0.3 is 15.0 Å². The molecule has 1 atom stereocenters. The molecule has 0 radical (unpaired) electrons. The zero-order valence-electron chi connectivity index (χ0n) is 13.8. The van der Waals surface area contributed by atoms with Crippen LogP contribution in [0.2, 0.25) is 0 Å². The Morgan fingerprint density at radius 3 is 2.96 bits per heavy atom. The normalized spacial score (nSPS) is 18.6. The number of carbonyl (C=O) groups is 1. The Hall–Kier alpha value is -2.30. The maximum atomic E-state index is 11.8. The molecule has 0 saturated heterocycles. The van der Waals surface area contributed by atoms with Gasteiger partial charge in [0.05, 0.1) is 0 Å². The van der Waals surface area contributed by atoms with Gasteiger partial charge in [-0.1, -0.05) is 6.08 Å². The Kier molecular flexibility index (Phi) is 4.11. The van der Waals surface area contributed by atoms with Crippen LogP contribution in [0.15, 0.2) is 30.6 Å². The van der Waals surface area contributed by atoms with Crippen LogP contribution in [-0.2, 0) is 4.74 Å². The third-order valence-corrected chi connectivity index (χ3v) is 3.93. The number of aromatic amines is 1. The van der Waals surface area contributed by atoms with Crippen LogP contribution in [0.5, 0.6) is 0 Å². The quantitative estimate of drug-likeness (QED) is 0.880. The smallest absolute Gasteiger partial charge is 0.407 e. The van der Waals surface area contributed by atoms with Crippen molar-refractivity contribution in [2.75, 3.05) is 0 Å². The van der Waals surface area contributed by atoms with Crippen LogP contribution in [0.1, 0.15) is 45.6 Å². The molecule has 1 amide bonds. The number of hydrogen-bond acceptors (Lipinski definition) is 3. The van der Waals surface area contributed by atoms with Gasteiger partial charge in [-0.25, -0.2) is 9.78 Å². The first-order valence-corrected chi connectivity index (χ1v) is 8.03. The molecule has 1 aliphatic carbocycles. The van der Waals surface area contributed by atoms with E-state index in [1.807, 2.05) is 33.0 Å². The number of aromatic nitrogens is 2. The predicted octanol–water partition coefficient (Wildman–Crippen LogP) is 4.02. The Labute approximate surface area is 136 Å². The second-order valence-electron chi connectivity index (χ2n) is 6.95. The SMILES string of the molecule is CC(C)(C)OC(=O)N[C@H]1CC=C(c2c[nH]c3ncccc23)CC1. The molecule has 0 aromatic carbocycles. The molecule has 3 rings (SSSR count). The Bertz CT molecular complexity index is 740. The molecule has 0 unspecified atom stereocenters. The van der Waals surface area contributed by atoms with E-state index in [9.17, 15) is 4.79 Å². The molecule has 1 aliphatic rings. The highest BCUT2D eigenvalue weighted by molar-refractivity contribution is 5.90. The highest BCUT2D eigenvalue weighted by atomic mass is 16.6. The molecule has 5 nitrogen and oxygen atoms in total. The molecular formula is C18H23N3O2. The number of amides is 1. The fraction of sp³-hybridized carbons (Fsp3) is 0.444. The lowest BCUT2D eigenvalue weighted by Gasteiger charge is -2.25. The Morgan fingerprint density at radius 2 is 2.26 bits per heavy atom. The molecule has 2 aromatic heterocycles. The van der Waals surface area contributed by atoms with E-state index in [2.05, 4.69) is 27.4 Å². The van der Waals surface area contributed by atoms with E-state index in [0.717, 1.165) is 30.3 Å². The number of hydrogen-bond donors (Lipinski definition) is 2. The van der Waals surface area contributed by atoms with Gasteiger partial charge >= 0.3 is 6.09 Å². The summed E-state index contributed by atoms with van der Waals surface area (Å²) in [6.45, 7) is 5.61. The Morgan fingerprint density at radius 1 is 1.43 bits per heavy atom. The van der Waals surface area contributed by atoms with Crippen molar-refractivity contribution in [3.8, 4) is 0 Å². The first kappa shape index (κ1) is 15.6. The van der Waals surface area contributed by atoms with Gasteiger partial charge in [-0.3, -0.25) is 0 Å². The van der Waals surface area contributed by atoms with Gasteiger partial charge in [0.1, 0.15) is 11.2 Å². The largest absolute Gasteiger partial charge is 0.444 e. The standard InChI is InChI=1S/C18H23N3O2/c1-18(2,3)23-17(22)21-13-8-6-12(7-9-13)15-11-20-16-14(15)5-4-10-19-16/h4-6,10-11,13H,7-9H2,1-3H3,(H,19,20)(H,21,22)/t13-/m0/s1. The van der Waals surface area contributed by atoms with Gasteiger partial charge in [-0.15, -0.1) is 0 Å². The highest BCUT2D eigenvalue weighted by Gasteiger charge is 2.22. The van der Waals surface area contributed by atoms with E-state index in [0.29, 0.717) is 0 Å². The van der Waals surface area contributed by atoms with Crippen LogP contribution in [-0.4, -0.2) is 27.7 Å². The third-order valence-electron chi connectivity index (χ3n) is 3.93. The number of nitrogens with zero attached hydrogens (tertiary/aromatic N) is 1. The number of alkyl carbamates (subject to hydrolysis) is 1. The van der Waals surface area contributed by atoms with E-state index in [4.69, 9.17) is 4.74 Å². The predicted molar refractivity (Wildman–Crippen MR) is 91.1 cm³/mol. The molecule has 0 bridgehead atoms. The lowest BCUT2D eigenvalue weighted by atomic mass is 9.91. The van der Waals surface area contributed by atoms with Crippen LogP contribution in [0, 0.1) is 0 Å². The summed E-state index contributed by atoms with van der Waals surface area (Å²) in [5.41, 5.74) is 2.98. The van der Waals surface area contributed by atoms with Crippen LogP contribution in [0.25, 0.3) is 16.6 Å². The van der Waals surface area contributed by atoms with Crippen LogP contribution >= 0.6 is 0 Å². The molecule has 2 N–H and O–H groups in total. The molecule has 0 spiro atoms. The lowest BCUT2D eigenvalue weighted by Crippen LogP contribution is -2.39. The Balaban J connectivity index is 1.66. The van der Waals surface area contributed by atoms with Gasteiger partial charge in [0, 0.05) is 29.4 Å². The fourth-order valence-corrected chi connectivity index (χ4v) is 2.91. The molecule has 0 aliphatic heterocycles. The molecule has 23 heavy (non-hydrogen) atoms. The summed E-state index contributed by atoms with van der Waals surface area (Å²) in [4.78, 5) is 19.4. The van der Waals surface area contributed by atoms with Crippen LogP contribution in [0.3, 0.4) is 0 Å². The summed E-state index contributed by atoms with van der Waals surface area (Å²) in [6.07, 6.45) is 8.35. The van der Waals surface area contributed by atoms with Crippen molar-refractivity contribution in [2.24, 2.45) is 0 Å². The third kappa shape index (κ3) is 3.73. The second-order valence-corrected chi connectivity index (χ2v) is 6.95. The molecule has 2 heterocycles. The van der Waals surface area contributed by atoms with Gasteiger partial charge in [0.25, 0.3) is 0 Å². The average molecular weight is 313 g/mol. The molecule has 122 valence electrons. The van der Waals surface area contributed by atoms with E-state index in [1.54, 1.807) is 6.20 Å². The molecule has 2 aromatic rings. The van der Waals surface area contributed by atoms with E-state index in [1.165, 1.54) is 11.1 Å². The fourth-order valence-electron chi connectivity index (χ4n) is 2.91. The van der Waals surface area contributed by atoms with Gasteiger partial charge in [-0.05, 0) is 57.7 Å². The molecule has 5 heteroatoms. The monoisotopic (exact) mass is 313 g/mol. The highest BCUT2D eigenvalue weighted by Crippen LogP contribution is 2.31. The van der Waals surface area contributed by atoms with Crippen LogP contribution in [0.4, 0.5) is 4.79 Å². The molecular weight excluding hydrogens is 290 g/mol. The van der Waals surface area contributed by atoms with Crippen LogP contribution < -0.4 is 5.32 Å². The minimum Gasteiger partial charge on any atom is -0.444 e. The minimum absolute atomic E-state index is 0.136. The van der Waals surface area contributed by atoms with E-state index < -0.39 is 5.60 Å². The molecule has 0 fully saturated rings. The lowest BCUT2D eigenvalue weighted by molar-refractivity contribution is 0.0502. The maximum Gasteiger partial charge on any atom is 0.407 e. The summed E-state index contributed by atoms with van der Waals surface area (Å²) in [5.74, 6) is 0. The van der Waals surface area contributed by atoms with Crippen molar-refractivity contribution in [1.82, 2.24) is 15.3 Å². The number of H-pyrrole nitrogens is 1. The number of nitrogens with one attached hydrogen (secondary N) is 2. The maximum absolute atomic E-state index is 11.8. The number of carbonyl (C=O) groups excluding carboxylic acids is 1. The van der Waals surface area contributed by atoms with Crippen molar-refractivity contribution >= 4 is 22.7 Å². The van der Waals surface area contributed by atoms with Crippen molar-refractivity contribution in [3.63, 3.8) is 0 Å². The number of ether oxygens (including phenoxy) is 1. The van der Waals surface area contributed by atoms with Crippen molar-refractivity contribution < 1.29 is 9.53 Å². The number of allylic oxidation sites excluding steroid dienone is 1. The summed E-state index contributed by atoms with van der Waals surface area (Å²) < 4.78 is 5.31. The number of rotatable bonds is 2.